The number of H-pyrrole nitrogens is 2. The van der Waals surface area contributed by atoms with Crippen LogP contribution in [0.5, 0.6) is 0 Å². The fraction of sp³-hybridized carbons (Fsp3) is 0.214. The average Bonchev–Trinajstić information content (AvgIpc) is 3.80. The third-order valence-corrected chi connectivity index (χ3v) is 8.75. The quantitative estimate of drug-likeness (QED) is 0.0641. The Kier molecular flexibility index (Phi) is 18.8. The molecule has 11 heteroatoms. The minimum absolute atomic E-state index is 0. The first-order valence-corrected chi connectivity index (χ1v) is 18.0. The molecule has 8 nitrogen and oxygen atoms in total. The minimum atomic E-state index is -1.22. The van der Waals surface area contributed by atoms with Crippen LogP contribution in [0.1, 0.15) is 35.9 Å². The van der Waals surface area contributed by atoms with Gasteiger partial charge < -0.3 is 20.3 Å². The Bertz CT molecular complexity index is 1740. The van der Waals surface area contributed by atoms with Gasteiger partial charge in [0.15, 0.2) is 0 Å². The first-order chi connectivity index (χ1) is 25.5. The van der Waals surface area contributed by atoms with Crippen LogP contribution in [0.4, 0.5) is 0 Å². The molecular weight excluding hydrogens is 715 g/mol. The zero-order chi connectivity index (χ0) is 36.9. The molecule has 0 amide bonds. The summed E-state index contributed by atoms with van der Waals surface area (Å²) in [7, 11) is 2.14. The number of benzene rings is 4. The summed E-state index contributed by atoms with van der Waals surface area (Å²) < 4.78 is 0. The van der Waals surface area contributed by atoms with E-state index < -0.39 is 6.15 Å². The van der Waals surface area contributed by atoms with Crippen molar-refractivity contribution in [3.8, 4) is 0 Å². The zero-order valence-corrected chi connectivity index (χ0v) is 32.5. The summed E-state index contributed by atoms with van der Waals surface area (Å²) in [6, 6.07) is 43.5. The van der Waals surface area contributed by atoms with Crippen molar-refractivity contribution >= 4 is 57.8 Å². The summed E-state index contributed by atoms with van der Waals surface area (Å²) in [5.74, 6) is 1.84. The van der Waals surface area contributed by atoms with E-state index in [4.69, 9.17) is 5.41 Å². The van der Waals surface area contributed by atoms with Gasteiger partial charge in [-0.15, -0.1) is 0 Å². The van der Waals surface area contributed by atoms with Crippen molar-refractivity contribution in [2.24, 2.45) is 9.98 Å². The third-order valence-electron chi connectivity index (χ3n) is 8.75. The number of nitrogens with zero attached hydrogens (tertiary/aromatic N) is 6. The van der Waals surface area contributed by atoms with Crippen molar-refractivity contribution in [3.63, 3.8) is 0 Å². The van der Waals surface area contributed by atoms with Crippen molar-refractivity contribution < 1.29 is 17.1 Å². The number of imidazole rings is 2. The molecule has 4 aromatic carbocycles. The van der Waals surface area contributed by atoms with Crippen LogP contribution in [0.2, 0.25) is 0 Å². The Balaban J connectivity index is 0.000000262. The van der Waals surface area contributed by atoms with E-state index in [0.717, 1.165) is 62.1 Å². The van der Waals surface area contributed by atoms with Gasteiger partial charge in [0.2, 0.25) is 0 Å². The SMILES string of the molecule is Cc1nc(C=NCCCN(C)CCCN=Cc2c[nH]c(C)n2)c[nH]1.[Fe+3].[N-]=C=S.c1ccc([B-](c2ccccc2)(c2ccccc2)c2ccccc2)cc1. The molecule has 1 radical (unpaired) electrons. The topological polar surface area (TPSA) is 108 Å². The molecule has 6 aromatic rings. The molecular formula is C42H47BFeN8S+. The van der Waals surface area contributed by atoms with Gasteiger partial charge in [-0.1, -0.05) is 134 Å². The average molecular weight is 763 g/mol. The summed E-state index contributed by atoms with van der Waals surface area (Å²) in [4.78, 5) is 25.8. The van der Waals surface area contributed by atoms with Gasteiger partial charge in [-0.25, -0.2) is 9.97 Å². The number of aliphatic imine (C=N–C) groups is 2. The van der Waals surface area contributed by atoms with Crippen LogP contribution in [0.25, 0.3) is 5.41 Å². The maximum absolute atomic E-state index is 7.13. The van der Waals surface area contributed by atoms with E-state index in [1.54, 1.807) is 0 Å². The molecule has 0 unspecified atom stereocenters. The van der Waals surface area contributed by atoms with Crippen LogP contribution >= 0.6 is 12.2 Å². The minimum Gasteiger partial charge on any atom is -0.753 e. The molecule has 0 aliphatic heterocycles. The summed E-state index contributed by atoms with van der Waals surface area (Å²) in [5.41, 5.74) is 7.14. The van der Waals surface area contributed by atoms with Crippen molar-refractivity contribution in [2.75, 3.05) is 33.2 Å². The van der Waals surface area contributed by atoms with Crippen LogP contribution in [0.15, 0.2) is 144 Å². The van der Waals surface area contributed by atoms with E-state index in [0.29, 0.717) is 0 Å². The normalized spacial score (nSPS) is 10.9. The maximum Gasteiger partial charge on any atom is 3.00 e. The van der Waals surface area contributed by atoms with Crippen LogP contribution in [-0.4, -0.2) is 81.8 Å². The Morgan fingerprint density at radius 1 is 0.642 bits per heavy atom. The molecule has 0 spiro atoms. The molecule has 0 aliphatic carbocycles. The van der Waals surface area contributed by atoms with Gasteiger partial charge in [0.25, 0.3) is 0 Å². The Morgan fingerprint density at radius 3 is 1.21 bits per heavy atom. The Labute approximate surface area is 330 Å². The maximum atomic E-state index is 7.13. The number of hydrogen-bond acceptors (Lipinski definition) is 6. The fourth-order valence-electron chi connectivity index (χ4n) is 6.42. The van der Waals surface area contributed by atoms with Crippen molar-refractivity contribution in [1.82, 2.24) is 24.8 Å². The Hall–Kier alpha value is -5.02. The summed E-state index contributed by atoms with van der Waals surface area (Å²) in [6.45, 7) is 7.61. The molecule has 0 aliphatic rings. The number of aromatic nitrogens is 4. The molecule has 6 rings (SSSR count). The molecule has 53 heavy (non-hydrogen) atoms. The van der Waals surface area contributed by atoms with Crippen molar-refractivity contribution in [2.45, 2.75) is 26.7 Å². The summed E-state index contributed by atoms with van der Waals surface area (Å²) in [6.07, 6.45) is 8.28. The van der Waals surface area contributed by atoms with Gasteiger partial charge in [0.05, 0.1) is 11.4 Å². The monoisotopic (exact) mass is 762 g/mol. The number of aromatic amines is 2. The molecule has 0 bridgehead atoms. The molecule has 2 heterocycles. The van der Waals surface area contributed by atoms with Gasteiger partial charge in [0, 0.05) is 37.9 Å². The zero-order valence-electron chi connectivity index (χ0n) is 30.6. The largest absolute Gasteiger partial charge is 3.00 e. The standard InChI is InChI=1S/C24H20B.C17H27N7.CNS.Fe/c1-5-13-21(14-6-1)25(22-15-7-2-8-16-22,23-17-9-3-10-18-23)24-19-11-4-12-20-24;1-14-20-12-16(22-14)10-18-6-4-8-24(3)9-5-7-19-11-17-13-21-15(2)23-17;2-1-3;/h1-20H;10-13H,4-9H2,1-3H3,(H,20,22)(H,21,23);;/q-1;;-1;+3. The second kappa shape index (κ2) is 23.5. The van der Waals surface area contributed by atoms with E-state index in [1.165, 1.54) is 27.0 Å². The van der Waals surface area contributed by atoms with Crippen LogP contribution in [0, 0.1) is 13.8 Å². The number of thiocarbonyl (C=S) groups is 1. The van der Waals surface area contributed by atoms with Crippen molar-refractivity contribution in [1.29, 1.82) is 0 Å². The molecule has 2 aromatic heterocycles. The number of rotatable bonds is 14. The van der Waals surface area contributed by atoms with Crippen LogP contribution in [-0.2, 0) is 17.1 Å². The molecule has 0 fully saturated rings. The van der Waals surface area contributed by atoms with E-state index in [1.807, 2.05) is 38.7 Å². The molecule has 2 N–H and O–H groups in total. The number of hydrogen-bond donors (Lipinski definition) is 2. The smallest absolute Gasteiger partial charge is 0.753 e. The van der Waals surface area contributed by atoms with Gasteiger partial charge in [-0.2, -0.15) is 27.0 Å². The van der Waals surface area contributed by atoms with Gasteiger partial charge in [0.1, 0.15) is 17.8 Å². The fourth-order valence-corrected chi connectivity index (χ4v) is 6.42. The predicted molar refractivity (Wildman–Crippen MR) is 224 cm³/mol. The number of nitrogens with one attached hydrogen (secondary N) is 2. The Morgan fingerprint density at radius 2 is 0.943 bits per heavy atom. The van der Waals surface area contributed by atoms with E-state index >= 15 is 0 Å². The van der Waals surface area contributed by atoms with Crippen molar-refractivity contribution in [3.05, 3.63) is 162 Å². The third kappa shape index (κ3) is 13.2. The van der Waals surface area contributed by atoms with Gasteiger partial charge in [-0.05, 0) is 46.8 Å². The predicted octanol–water partition coefficient (Wildman–Crippen LogP) is 5.72. The van der Waals surface area contributed by atoms with E-state index in [9.17, 15) is 0 Å². The van der Waals surface area contributed by atoms with Gasteiger partial charge >= 0.3 is 17.1 Å². The molecule has 0 saturated carbocycles. The number of isothiocyanates is 1. The summed E-state index contributed by atoms with van der Waals surface area (Å²) in [5, 5.41) is 8.47. The molecule has 0 saturated heterocycles. The second-order valence-electron chi connectivity index (χ2n) is 12.5. The number of aryl methyl sites for hydroxylation is 2. The van der Waals surface area contributed by atoms with Crippen LogP contribution in [0.3, 0.4) is 0 Å². The second-order valence-corrected chi connectivity index (χ2v) is 12.7. The first-order valence-electron chi connectivity index (χ1n) is 17.6. The first kappa shape index (κ1) is 42.4. The molecule has 271 valence electrons. The summed E-state index contributed by atoms with van der Waals surface area (Å²) >= 11 is 3.70. The molecule has 0 atom stereocenters. The van der Waals surface area contributed by atoms with E-state index in [-0.39, 0.29) is 17.1 Å². The van der Waals surface area contributed by atoms with Crippen LogP contribution < -0.4 is 21.9 Å². The van der Waals surface area contributed by atoms with Gasteiger partial charge in [-0.3, -0.25) is 9.98 Å². The van der Waals surface area contributed by atoms with E-state index in [2.05, 4.69) is 175 Å².